The Hall–Kier alpha value is -2.82. The minimum Gasteiger partial charge on any atom is -0.455 e. The molecule has 4 rings (SSSR count). The Morgan fingerprint density at radius 3 is 2.21 bits per heavy atom. The summed E-state index contributed by atoms with van der Waals surface area (Å²) in [6.07, 6.45) is 1.74. The fourth-order valence-electron chi connectivity index (χ4n) is 4.95. The lowest BCUT2D eigenvalue weighted by molar-refractivity contribution is 0.0873. The average molecular weight is 463 g/mol. The van der Waals surface area contributed by atoms with Gasteiger partial charge in [-0.1, -0.05) is 60.1 Å². The molecule has 1 aliphatic rings. The van der Waals surface area contributed by atoms with Crippen molar-refractivity contribution in [3.8, 4) is 22.6 Å². The second-order valence-electron chi connectivity index (χ2n) is 10.1. The Balaban J connectivity index is 1.50. The molecule has 3 aromatic carbocycles. The normalized spacial score (nSPS) is 17.4. The maximum absolute atomic E-state index is 13.0. The molecular formula is C28H31ClN2O2. The van der Waals surface area contributed by atoms with Crippen LogP contribution in [0, 0.1) is 0 Å². The second kappa shape index (κ2) is 9.20. The summed E-state index contributed by atoms with van der Waals surface area (Å²) in [5.74, 6) is 1.11. The lowest BCUT2D eigenvalue weighted by Gasteiger charge is -2.46. The predicted molar refractivity (Wildman–Crippen MR) is 135 cm³/mol. The molecule has 1 amide bonds. The van der Waals surface area contributed by atoms with Gasteiger partial charge >= 0.3 is 0 Å². The first-order valence-electron chi connectivity index (χ1n) is 11.3. The number of halogens is 1. The summed E-state index contributed by atoms with van der Waals surface area (Å²) in [6.45, 7) is 8.68. The van der Waals surface area contributed by atoms with Crippen molar-refractivity contribution in [2.24, 2.45) is 0 Å². The van der Waals surface area contributed by atoms with Crippen LogP contribution in [-0.2, 0) is 0 Å². The molecule has 0 bridgehead atoms. The van der Waals surface area contributed by atoms with E-state index in [0.29, 0.717) is 22.1 Å². The van der Waals surface area contributed by atoms with Crippen molar-refractivity contribution in [2.45, 2.75) is 57.7 Å². The largest absolute Gasteiger partial charge is 0.455 e. The van der Waals surface area contributed by atoms with E-state index in [-0.39, 0.29) is 23.0 Å². The lowest BCUT2D eigenvalue weighted by Crippen LogP contribution is -2.62. The summed E-state index contributed by atoms with van der Waals surface area (Å²) in [4.78, 5) is 13.0. The third-order valence-corrected chi connectivity index (χ3v) is 6.21. The molecule has 0 aromatic heterocycles. The van der Waals surface area contributed by atoms with Crippen molar-refractivity contribution in [3.05, 3.63) is 83.4 Å². The highest BCUT2D eigenvalue weighted by atomic mass is 35.5. The van der Waals surface area contributed by atoms with Crippen molar-refractivity contribution in [2.75, 3.05) is 0 Å². The van der Waals surface area contributed by atoms with E-state index >= 15 is 0 Å². The molecule has 5 heteroatoms. The van der Waals surface area contributed by atoms with Gasteiger partial charge in [0.2, 0.25) is 0 Å². The third kappa shape index (κ3) is 5.76. The molecule has 1 heterocycles. The zero-order valence-corrected chi connectivity index (χ0v) is 20.4. The zero-order valence-electron chi connectivity index (χ0n) is 19.6. The molecule has 2 N–H and O–H groups in total. The number of hydrogen-bond donors (Lipinski definition) is 2. The smallest absolute Gasteiger partial charge is 0.251 e. The molecule has 4 nitrogen and oxygen atoms in total. The minimum absolute atomic E-state index is 0.0405. The fraction of sp³-hybridized carbons (Fsp3) is 0.321. The number of ether oxygens (including phenoxy) is 1. The first kappa shape index (κ1) is 23.3. The van der Waals surface area contributed by atoms with Crippen LogP contribution < -0.4 is 15.4 Å². The summed E-state index contributed by atoms with van der Waals surface area (Å²) in [5.41, 5.74) is 2.49. The molecule has 1 aliphatic heterocycles. The van der Waals surface area contributed by atoms with Gasteiger partial charge in [0.25, 0.3) is 5.91 Å². The maximum atomic E-state index is 13.0. The highest BCUT2D eigenvalue weighted by molar-refractivity contribution is 6.32. The second-order valence-corrected chi connectivity index (χ2v) is 10.5. The van der Waals surface area contributed by atoms with E-state index in [1.54, 1.807) is 18.2 Å². The van der Waals surface area contributed by atoms with Gasteiger partial charge in [0.15, 0.2) is 0 Å². The first-order chi connectivity index (χ1) is 15.6. The summed E-state index contributed by atoms with van der Waals surface area (Å²) < 4.78 is 6.16. The number of carbonyl (C=O) groups excluding carboxylic acids is 1. The fourth-order valence-corrected chi connectivity index (χ4v) is 5.17. The van der Waals surface area contributed by atoms with Gasteiger partial charge in [-0.15, -0.1) is 0 Å². The standard InChI is InChI=1S/C28H31ClN2O2/c1-27(2)17-21(18-28(3,4)31-27)30-26(32)20-14-15-25(23(29)16-20)33-24-13-9-8-12-22(24)19-10-6-5-7-11-19/h5-16,21,31H,17-18H2,1-4H3,(H,30,32). The summed E-state index contributed by atoms with van der Waals surface area (Å²) in [6, 6.07) is 23.2. The number of nitrogens with one attached hydrogen (secondary N) is 2. The average Bonchev–Trinajstić information content (AvgIpc) is 2.74. The monoisotopic (exact) mass is 462 g/mol. The number of benzene rings is 3. The van der Waals surface area contributed by atoms with Crippen molar-refractivity contribution < 1.29 is 9.53 Å². The topological polar surface area (TPSA) is 50.4 Å². The maximum Gasteiger partial charge on any atom is 0.251 e. The molecule has 33 heavy (non-hydrogen) atoms. The third-order valence-electron chi connectivity index (χ3n) is 5.91. The van der Waals surface area contributed by atoms with E-state index in [4.69, 9.17) is 16.3 Å². The van der Waals surface area contributed by atoms with Crippen LogP contribution in [0.3, 0.4) is 0 Å². The molecule has 0 aliphatic carbocycles. The van der Waals surface area contributed by atoms with E-state index in [2.05, 4.69) is 38.3 Å². The van der Waals surface area contributed by atoms with Gasteiger partial charge in [-0.3, -0.25) is 4.79 Å². The van der Waals surface area contributed by atoms with Gasteiger partial charge in [0.1, 0.15) is 11.5 Å². The Kier molecular flexibility index (Phi) is 6.51. The van der Waals surface area contributed by atoms with Crippen LogP contribution in [0.2, 0.25) is 5.02 Å². The summed E-state index contributed by atoms with van der Waals surface area (Å²) in [7, 11) is 0. The summed E-state index contributed by atoms with van der Waals surface area (Å²) >= 11 is 6.54. The van der Waals surface area contributed by atoms with Crippen LogP contribution in [0.5, 0.6) is 11.5 Å². The molecule has 0 spiro atoms. The van der Waals surface area contributed by atoms with E-state index in [9.17, 15) is 4.79 Å². The van der Waals surface area contributed by atoms with Crippen LogP contribution >= 0.6 is 11.6 Å². The van der Waals surface area contributed by atoms with Gasteiger partial charge in [-0.05, 0) is 70.4 Å². The zero-order chi connectivity index (χ0) is 23.6. The molecule has 0 radical (unpaired) electrons. The number of carbonyl (C=O) groups is 1. The van der Waals surface area contributed by atoms with Gasteiger partial charge in [-0.2, -0.15) is 0 Å². The quantitative estimate of drug-likeness (QED) is 0.436. The Morgan fingerprint density at radius 2 is 1.55 bits per heavy atom. The SMILES string of the molecule is CC1(C)CC(NC(=O)c2ccc(Oc3ccccc3-c3ccccc3)c(Cl)c2)CC(C)(C)N1. The molecule has 3 aromatic rings. The van der Waals surface area contributed by atoms with Crippen LogP contribution in [0.15, 0.2) is 72.8 Å². The lowest BCUT2D eigenvalue weighted by atomic mass is 9.79. The molecular weight excluding hydrogens is 432 g/mol. The van der Waals surface area contributed by atoms with Crippen molar-refractivity contribution in [3.63, 3.8) is 0 Å². The van der Waals surface area contributed by atoms with Crippen molar-refractivity contribution >= 4 is 17.5 Å². The van der Waals surface area contributed by atoms with E-state index in [0.717, 1.165) is 24.0 Å². The van der Waals surface area contributed by atoms with Crippen LogP contribution in [0.4, 0.5) is 0 Å². The van der Waals surface area contributed by atoms with Gasteiger partial charge in [0, 0.05) is 28.2 Å². The number of amides is 1. The van der Waals surface area contributed by atoms with E-state index in [1.807, 2.05) is 54.6 Å². The Labute approximate surface area is 201 Å². The molecule has 1 fully saturated rings. The van der Waals surface area contributed by atoms with Crippen molar-refractivity contribution in [1.29, 1.82) is 0 Å². The molecule has 172 valence electrons. The van der Waals surface area contributed by atoms with Gasteiger partial charge < -0.3 is 15.4 Å². The van der Waals surface area contributed by atoms with Crippen LogP contribution in [0.25, 0.3) is 11.1 Å². The molecule has 0 saturated carbocycles. The highest BCUT2D eigenvalue weighted by Gasteiger charge is 2.38. The van der Waals surface area contributed by atoms with Crippen LogP contribution in [0.1, 0.15) is 50.9 Å². The number of piperidine rings is 1. The van der Waals surface area contributed by atoms with E-state index in [1.165, 1.54) is 0 Å². The summed E-state index contributed by atoms with van der Waals surface area (Å²) in [5, 5.41) is 7.24. The molecule has 1 saturated heterocycles. The molecule has 0 atom stereocenters. The predicted octanol–water partition coefficient (Wildman–Crippen LogP) is 6.84. The number of rotatable bonds is 5. The van der Waals surface area contributed by atoms with Gasteiger partial charge in [0.05, 0.1) is 5.02 Å². The number of hydrogen-bond acceptors (Lipinski definition) is 3. The van der Waals surface area contributed by atoms with E-state index < -0.39 is 0 Å². The van der Waals surface area contributed by atoms with Crippen LogP contribution in [-0.4, -0.2) is 23.0 Å². The van der Waals surface area contributed by atoms with Gasteiger partial charge in [-0.25, -0.2) is 0 Å². The molecule has 0 unspecified atom stereocenters. The highest BCUT2D eigenvalue weighted by Crippen LogP contribution is 2.36. The minimum atomic E-state index is -0.119. The first-order valence-corrected chi connectivity index (χ1v) is 11.7. The Morgan fingerprint density at radius 1 is 0.909 bits per heavy atom. The Bertz CT molecular complexity index is 1130. The number of para-hydroxylation sites is 1. The van der Waals surface area contributed by atoms with Crippen molar-refractivity contribution in [1.82, 2.24) is 10.6 Å².